The zero-order chi connectivity index (χ0) is 30.5. The van der Waals surface area contributed by atoms with Crippen LogP contribution in [0.15, 0.2) is 115 Å². The fraction of sp³-hybridized carbons (Fsp3) is 0.211. The van der Waals surface area contributed by atoms with Crippen molar-refractivity contribution in [1.82, 2.24) is 0 Å². The summed E-state index contributed by atoms with van der Waals surface area (Å²) in [5, 5.41) is 5.50. The SMILES string of the molecule is CC(C)c1cc2c(-c3ccccc3)cccc2[cH-]1.CCc1cc2c(-c3ccccc3)ccc(C)c2[cH-]1.C[Si]C.[Cl][Zr+2][Cl]. The molecular formula is C38H40Cl2SiZr. The Hall–Kier alpha value is -2.22. The number of fused-ring (bicyclic) bond motifs is 2. The van der Waals surface area contributed by atoms with Crippen LogP contribution < -0.4 is 0 Å². The zero-order valence-electron chi connectivity index (χ0n) is 25.5. The van der Waals surface area contributed by atoms with Crippen LogP contribution in [0.5, 0.6) is 0 Å². The fourth-order valence-corrected chi connectivity index (χ4v) is 5.04. The molecule has 42 heavy (non-hydrogen) atoms. The molecule has 6 rings (SSSR count). The molecule has 0 aliphatic rings. The molecule has 0 bridgehead atoms. The van der Waals surface area contributed by atoms with E-state index in [1.807, 2.05) is 0 Å². The summed E-state index contributed by atoms with van der Waals surface area (Å²) in [6.45, 7) is 13.2. The maximum atomic E-state index is 4.93. The summed E-state index contributed by atoms with van der Waals surface area (Å²) in [4.78, 5) is 0. The van der Waals surface area contributed by atoms with Crippen molar-refractivity contribution in [3.8, 4) is 22.3 Å². The van der Waals surface area contributed by atoms with Crippen LogP contribution in [-0.4, -0.2) is 9.52 Å². The second-order valence-corrected chi connectivity index (χ2v) is 15.3. The summed E-state index contributed by atoms with van der Waals surface area (Å²) in [7, 11) is 11.0. The number of hydrogen-bond donors (Lipinski definition) is 0. The molecule has 0 unspecified atom stereocenters. The summed E-state index contributed by atoms with van der Waals surface area (Å²) in [5.41, 5.74) is 9.49. The summed E-state index contributed by atoms with van der Waals surface area (Å²) in [5.74, 6) is 0.584. The second-order valence-electron chi connectivity index (χ2n) is 10.5. The maximum absolute atomic E-state index is 4.93. The Bertz CT molecular complexity index is 1630. The minimum absolute atomic E-state index is 0.584. The van der Waals surface area contributed by atoms with Crippen LogP contribution in [-0.2, 0) is 27.3 Å². The molecule has 0 N–H and O–H groups in total. The zero-order valence-corrected chi connectivity index (χ0v) is 30.5. The monoisotopic (exact) mass is 684 g/mol. The Morgan fingerprint density at radius 1 is 0.714 bits per heavy atom. The normalized spacial score (nSPS) is 10.2. The topological polar surface area (TPSA) is 0 Å². The van der Waals surface area contributed by atoms with Gasteiger partial charge in [-0.25, -0.2) is 0 Å². The molecule has 0 saturated heterocycles. The van der Waals surface area contributed by atoms with Crippen LogP contribution in [0.25, 0.3) is 43.8 Å². The first kappa shape index (κ1) is 34.3. The van der Waals surface area contributed by atoms with Crippen molar-refractivity contribution in [2.45, 2.75) is 53.1 Å². The predicted molar refractivity (Wildman–Crippen MR) is 187 cm³/mol. The average Bonchev–Trinajstić information content (AvgIpc) is 3.65. The minimum atomic E-state index is -0.826. The first-order valence-corrected chi connectivity index (χ1v) is 22.7. The van der Waals surface area contributed by atoms with Crippen LogP contribution in [0.3, 0.4) is 0 Å². The molecule has 2 radical (unpaired) electrons. The van der Waals surface area contributed by atoms with Gasteiger partial charge in [-0.05, 0) is 23.5 Å². The first-order chi connectivity index (χ1) is 20.4. The van der Waals surface area contributed by atoms with Crippen molar-refractivity contribution in [2.75, 3.05) is 0 Å². The van der Waals surface area contributed by atoms with Gasteiger partial charge in [0.2, 0.25) is 0 Å². The molecular weight excluding hydrogens is 647 g/mol. The molecule has 0 aliphatic heterocycles. The van der Waals surface area contributed by atoms with E-state index >= 15 is 0 Å². The van der Waals surface area contributed by atoms with Gasteiger partial charge in [0.25, 0.3) is 0 Å². The average molecular weight is 687 g/mol. The number of hydrogen-bond acceptors (Lipinski definition) is 0. The fourth-order valence-electron chi connectivity index (χ4n) is 5.04. The molecule has 0 atom stereocenters. The molecule has 4 heteroatoms. The van der Waals surface area contributed by atoms with Gasteiger partial charge < -0.3 is 0 Å². The van der Waals surface area contributed by atoms with Crippen LogP contribution in [0, 0.1) is 6.92 Å². The molecule has 0 saturated carbocycles. The van der Waals surface area contributed by atoms with E-state index in [2.05, 4.69) is 156 Å². The van der Waals surface area contributed by atoms with Gasteiger partial charge in [-0.15, -0.1) is 68.6 Å². The molecule has 6 aromatic rings. The van der Waals surface area contributed by atoms with Crippen LogP contribution >= 0.6 is 17.0 Å². The predicted octanol–water partition coefficient (Wildman–Crippen LogP) is 12.6. The molecule has 214 valence electrons. The van der Waals surface area contributed by atoms with Crippen molar-refractivity contribution in [3.63, 3.8) is 0 Å². The quantitative estimate of drug-likeness (QED) is 0.128. The van der Waals surface area contributed by atoms with Crippen LogP contribution in [0.2, 0.25) is 13.1 Å². The number of benzene rings is 4. The van der Waals surface area contributed by atoms with Gasteiger partial charge >= 0.3 is 37.9 Å². The molecule has 0 aromatic heterocycles. The summed E-state index contributed by atoms with van der Waals surface area (Å²) < 4.78 is 0. The van der Waals surface area contributed by atoms with Gasteiger partial charge in [-0.3, -0.25) is 0 Å². The third-order valence-electron chi connectivity index (χ3n) is 7.18. The molecule has 0 amide bonds. The molecule has 0 fully saturated rings. The molecule has 6 aromatic carbocycles. The van der Waals surface area contributed by atoms with E-state index in [1.54, 1.807) is 0 Å². The Morgan fingerprint density at radius 3 is 1.79 bits per heavy atom. The summed E-state index contributed by atoms with van der Waals surface area (Å²) in [6, 6.07) is 41.6. The van der Waals surface area contributed by atoms with Gasteiger partial charge in [-0.1, -0.05) is 125 Å². The number of rotatable bonds is 4. The molecule has 0 nitrogen and oxygen atoms in total. The van der Waals surface area contributed by atoms with Crippen LogP contribution in [0.1, 0.15) is 43.4 Å². The van der Waals surface area contributed by atoms with Gasteiger partial charge in [0.05, 0.1) is 0 Å². The van der Waals surface area contributed by atoms with E-state index < -0.39 is 20.8 Å². The third kappa shape index (κ3) is 9.14. The Labute approximate surface area is 274 Å². The molecule has 0 spiro atoms. The van der Waals surface area contributed by atoms with Gasteiger partial charge in [0, 0.05) is 9.52 Å². The molecule has 0 heterocycles. The number of halogens is 2. The van der Waals surface area contributed by atoms with E-state index in [1.165, 1.54) is 60.5 Å². The third-order valence-corrected chi connectivity index (χ3v) is 7.18. The first-order valence-electron chi connectivity index (χ1n) is 14.4. The van der Waals surface area contributed by atoms with Gasteiger partial charge in [0.1, 0.15) is 0 Å². The van der Waals surface area contributed by atoms with E-state index in [4.69, 9.17) is 17.0 Å². The van der Waals surface area contributed by atoms with Crippen molar-refractivity contribution < 1.29 is 20.8 Å². The van der Waals surface area contributed by atoms with Crippen molar-refractivity contribution in [3.05, 3.63) is 132 Å². The van der Waals surface area contributed by atoms with Crippen molar-refractivity contribution in [2.24, 2.45) is 0 Å². The van der Waals surface area contributed by atoms with Crippen LogP contribution in [0.4, 0.5) is 0 Å². The molecule has 0 aliphatic carbocycles. The standard InChI is InChI=1S/2C18H17.C2H6Si.2ClH.Zr/c1-13(2)16-11-15-9-6-10-17(18(15)12-16)14-7-4-3-5-8-14;1-3-14-11-17-13(2)9-10-16(18(17)12-14)15-7-5-4-6-8-15;1-3-2;;;/h3-13H,1-2H3;4-12H,3H2,1-2H3;1-2H3;2*1H;/q2*-1;;;;+4/p-2. The van der Waals surface area contributed by atoms with Gasteiger partial charge in [0.15, 0.2) is 0 Å². The van der Waals surface area contributed by atoms with Gasteiger partial charge in [-0.2, -0.15) is 12.1 Å². The van der Waals surface area contributed by atoms with E-state index in [9.17, 15) is 0 Å². The summed E-state index contributed by atoms with van der Waals surface area (Å²) >= 11 is -0.826. The van der Waals surface area contributed by atoms with Crippen molar-refractivity contribution >= 4 is 48.1 Å². The van der Waals surface area contributed by atoms with E-state index in [0.29, 0.717) is 5.92 Å². The Balaban J connectivity index is 0.000000195. The van der Waals surface area contributed by atoms with E-state index in [0.717, 1.165) is 15.9 Å². The van der Waals surface area contributed by atoms with Crippen molar-refractivity contribution in [1.29, 1.82) is 0 Å². The van der Waals surface area contributed by atoms with E-state index in [-0.39, 0.29) is 0 Å². The Morgan fingerprint density at radius 2 is 1.26 bits per heavy atom. The summed E-state index contributed by atoms with van der Waals surface area (Å²) in [6.07, 6.45) is 1.10. The second kappa shape index (κ2) is 17.8. The Kier molecular flexibility index (Phi) is 14.5. The number of aryl methyl sites for hydroxylation is 2.